The summed E-state index contributed by atoms with van der Waals surface area (Å²) in [6.45, 7) is 9.78. The van der Waals surface area contributed by atoms with Gasteiger partial charge < -0.3 is 0 Å². The number of hydrogen-bond acceptors (Lipinski definition) is 0. The van der Waals surface area contributed by atoms with Crippen LogP contribution < -0.4 is 0 Å². The van der Waals surface area contributed by atoms with Crippen molar-refractivity contribution in [3.05, 3.63) is 0 Å². The molecule has 3 saturated carbocycles. The van der Waals surface area contributed by atoms with Crippen molar-refractivity contribution >= 4 is 0 Å². The Labute approximate surface area is 70.4 Å². The molecular formula is C11H20. The van der Waals surface area contributed by atoms with E-state index in [0.29, 0.717) is 10.8 Å². The van der Waals surface area contributed by atoms with E-state index in [4.69, 9.17) is 0 Å². The Morgan fingerprint density at radius 2 is 1.82 bits per heavy atom. The van der Waals surface area contributed by atoms with Crippen molar-refractivity contribution in [1.82, 2.24) is 0 Å². The van der Waals surface area contributed by atoms with Crippen LogP contribution >= 0.6 is 0 Å². The second kappa shape index (κ2) is 1.84. The summed E-state index contributed by atoms with van der Waals surface area (Å²) in [6.07, 6.45) is 4.42. The zero-order valence-electron chi connectivity index (χ0n) is 8.28. The summed E-state index contributed by atoms with van der Waals surface area (Å²) in [5, 5.41) is 0. The smallest absolute Gasteiger partial charge is 0.0266 e. The molecule has 2 bridgehead atoms. The summed E-state index contributed by atoms with van der Waals surface area (Å²) in [7, 11) is 0. The van der Waals surface area contributed by atoms with Crippen LogP contribution in [0.5, 0.6) is 0 Å². The predicted molar refractivity (Wildman–Crippen MR) is 48.4 cm³/mol. The van der Waals surface area contributed by atoms with E-state index in [0.717, 1.165) is 11.8 Å². The molecule has 0 spiro atoms. The van der Waals surface area contributed by atoms with Crippen LogP contribution in [0.1, 0.15) is 47.0 Å². The normalized spacial score (nSPS) is 52.4. The van der Waals surface area contributed by atoms with E-state index >= 15 is 0 Å². The van der Waals surface area contributed by atoms with Crippen molar-refractivity contribution in [1.29, 1.82) is 0 Å². The van der Waals surface area contributed by atoms with Crippen molar-refractivity contribution in [3.8, 4) is 0 Å². The van der Waals surface area contributed by atoms with E-state index < -0.39 is 0 Å². The van der Waals surface area contributed by atoms with E-state index in [-0.39, 0.29) is 0 Å². The van der Waals surface area contributed by atoms with Crippen LogP contribution in [0.4, 0.5) is 0 Å². The van der Waals surface area contributed by atoms with Gasteiger partial charge in [-0.2, -0.15) is 0 Å². The van der Waals surface area contributed by atoms with Crippen LogP contribution in [0.2, 0.25) is 0 Å². The molecule has 0 amide bonds. The standard InChI is InChI=1S/C11H20/c1-5-8-6-11(4)7-9(8)10(11,2)3/h8-9H,5-7H2,1-4H3. The minimum atomic E-state index is 0.660. The lowest BCUT2D eigenvalue weighted by Gasteiger charge is -2.53. The van der Waals surface area contributed by atoms with Crippen molar-refractivity contribution in [3.63, 3.8) is 0 Å². The van der Waals surface area contributed by atoms with Gasteiger partial charge in [-0.25, -0.2) is 0 Å². The zero-order valence-corrected chi connectivity index (χ0v) is 8.28. The molecule has 3 aliphatic carbocycles. The second-order valence-electron chi connectivity index (χ2n) is 5.47. The predicted octanol–water partition coefficient (Wildman–Crippen LogP) is 3.47. The maximum absolute atomic E-state index is 2.49. The average Bonchev–Trinajstić information content (AvgIpc) is 2.38. The molecule has 0 saturated heterocycles. The van der Waals surface area contributed by atoms with Crippen LogP contribution in [0.25, 0.3) is 0 Å². The molecule has 0 aromatic heterocycles. The van der Waals surface area contributed by atoms with Gasteiger partial charge in [0.05, 0.1) is 0 Å². The summed E-state index contributed by atoms with van der Waals surface area (Å²) in [6, 6.07) is 0. The molecule has 64 valence electrons. The van der Waals surface area contributed by atoms with Gasteiger partial charge in [0.1, 0.15) is 0 Å². The Hall–Kier alpha value is 0. The lowest BCUT2D eigenvalue weighted by Crippen LogP contribution is -2.46. The summed E-state index contributed by atoms with van der Waals surface area (Å²) in [4.78, 5) is 0. The van der Waals surface area contributed by atoms with E-state index in [1.807, 2.05) is 0 Å². The Morgan fingerprint density at radius 1 is 1.18 bits per heavy atom. The van der Waals surface area contributed by atoms with Gasteiger partial charge in [0.2, 0.25) is 0 Å². The third kappa shape index (κ3) is 0.666. The minimum absolute atomic E-state index is 0.660. The van der Waals surface area contributed by atoms with Crippen LogP contribution in [0, 0.1) is 22.7 Å². The molecule has 0 nitrogen and oxygen atoms in total. The minimum Gasteiger partial charge on any atom is -0.0651 e. The van der Waals surface area contributed by atoms with Crippen LogP contribution in [-0.4, -0.2) is 0 Å². The van der Waals surface area contributed by atoms with Crippen molar-refractivity contribution in [2.24, 2.45) is 22.7 Å². The van der Waals surface area contributed by atoms with Crippen LogP contribution in [0.15, 0.2) is 0 Å². The van der Waals surface area contributed by atoms with Crippen molar-refractivity contribution in [2.75, 3.05) is 0 Å². The maximum atomic E-state index is 2.49. The molecule has 0 heteroatoms. The lowest BCUT2D eigenvalue weighted by molar-refractivity contribution is -0.0460. The maximum Gasteiger partial charge on any atom is -0.0266 e. The van der Waals surface area contributed by atoms with Gasteiger partial charge >= 0.3 is 0 Å². The molecule has 3 rings (SSSR count). The monoisotopic (exact) mass is 152 g/mol. The molecule has 0 aromatic carbocycles. The van der Waals surface area contributed by atoms with Gasteiger partial charge in [0, 0.05) is 0 Å². The third-order valence-corrected chi connectivity index (χ3v) is 4.96. The lowest BCUT2D eigenvalue weighted by atomic mass is 9.51. The largest absolute Gasteiger partial charge is 0.0651 e. The molecule has 0 radical (unpaired) electrons. The fourth-order valence-corrected chi connectivity index (χ4v) is 3.57. The Bertz CT molecular complexity index is 178. The first-order valence-electron chi connectivity index (χ1n) is 5.01. The number of rotatable bonds is 1. The molecule has 0 N–H and O–H groups in total. The number of hydrogen-bond donors (Lipinski definition) is 0. The summed E-state index contributed by atoms with van der Waals surface area (Å²) < 4.78 is 0. The molecule has 0 aromatic rings. The SMILES string of the molecule is CCC1CC2(C)CC1C2(C)C. The highest BCUT2D eigenvalue weighted by Gasteiger charge is 2.64. The highest BCUT2D eigenvalue weighted by Crippen LogP contribution is 2.73. The number of fused-ring (bicyclic) bond motifs is 1. The zero-order chi connectivity index (χ0) is 8.28. The Kier molecular flexibility index (Phi) is 1.28. The van der Waals surface area contributed by atoms with Gasteiger partial charge in [-0.05, 0) is 35.5 Å². The van der Waals surface area contributed by atoms with Crippen molar-refractivity contribution < 1.29 is 0 Å². The average molecular weight is 152 g/mol. The first-order valence-corrected chi connectivity index (χ1v) is 5.01. The fraction of sp³-hybridized carbons (Fsp3) is 1.00. The van der Waals surface area contributed by atoms with Gasteiger partial charge in [-0.3, -0.25) is 0 Å². The summed E-state index contributed by atoms with van der Waals surface area (Å²) in [5.41, 5.74) is 1.37. The highest BCUT2D eigenvalue weighted by molar-refractivity contribution is 5.13. The highest BCUT2D eigenvalue weighted by atomic mass is 14.7. The van der Waals surface area contributed by atoms with Gasteiger partial charge in [-0.15, -0.1) is 0 Å². The summed E-state index contributed by atoms with van der Waals surface area (Å²) in [5.74, 6) is 2.10. The second-order valence-corrected chi connectivity index (χ2v) is 5.47. The van der Waals surface area contributed by atoms with Crippen LogP contribution in [0.3, 0.4) is 0 Å². The quantitative estimate of drug-likeness (QED) is 0.539. The van der Waals surface area contributed by atoms with Crippen LogP contribution in [-0.2, 0) is 0 Å². The molecule has 0 aliphatic heterocycles. The Balaban J connectivity index is 2.23. The Morgan fingerprint density at radius 3 is 2.00 bits per heavy atom. The fourth-order valence-electron chi connectivity index (χ4n) is 3.57. The molecule has 3 aliphatic rings. The molecule has 3 unspecified atom stereocenters. The van der Waals surface area contributed by atoms with Crippen molar-refractivity contribution in [2.45, 2.75) is 47.0 Å². The van der Waals surface area contributed by atoms with E-state index in [9.17, 15) is 0 Å². The van der Waals surface area contributed by atoms with E-state index in [1.54, 1.807) is 0 Å². The van der Waals surface area contributed by atoms with Gasteiger partial charge in [-0.1, -0.05) is 34.1 Å². The molecule has 3 fully saturated rings. The molecule has 11 heavy (non-hydrogen) atoms. The van der Waals surface area contributed by atoms with Gasteiger partial charge in [0.15, 0.2) is 0 Å². The van der Waals surface area contributed by atoms with E-state index in [2.05, 4.69) is 27.7 Å². The third-order valence-electron chi connectivity index (χ3n) is 4.96. The first kappa shape index (κ1) is 7.64. The topological polar surface area (TPSA) is 0 Å². The molecule has 0 heterocycles. The molecular weight excluding hydrogens is 132 g/mol. The first-order chi connectivity index (χ1) is 5.01. The summed E-state index contributed by atoms with van der Waals surface area (Å²) >= 11 is 0. The van der Waals surface area contributed by atoms with E-state index in [1.165, 1.54) is 19.3 Å². The van der Waals surface area contributed by atoms with Gasteiger partial charge in [0.25, 0.3) is 0 Å². The molecule has 3 atom stereocenters.